The van der Waals surface area contributed by atoms with E-state index in [2.05, 4.69) is 17.2 Å². The van der Waals surface area contributed by atoms with Crippen LogP contribution < -0.4 is 10.2 Å². The van der Waals surface area contributed by atoms with Gasteiger partial charge < -0.3 is 10.2 Å². The van der Waals surface area contributed by atoms with Crippen molar-refractivity contribution >= 4 is 23.5 Å². The standard InChI is InChI=1S/C18H21N3O/c1-4-14-8-5-6-10-16(14)20-17(22)12-11-15-9-7-13-19-18(15)21(2)3/h5-13H,4H2,1-3H3,(H,20,22)/b12-11+. The molecule has 0 fully saturated rings. The van der Waals surface area contributed by atoms with Gasteiger partial charge in [-0.15, -0.1) is 0 Å². The van der Waals surface area contributed by atoms with Crippen molar-refractivity contribution in [2.24, 2.45) is 0 Å². The quantitative estimate of drug-likeness (QED) is 0.860. The molecule has 0 aliphatic heterocycles. The number of rotatable bonds is 5. The highest BCUT2D eigenvalue weighted by Crippen LogP contribution is 2.17. The first-order valence-corrected chi connectivity index (χ1v) is 7.31. The SMILES string of the molecule is CCc1ccccc1NC(=O)/C=C/c1cccnc1N(C)C. The fourth-order valence-corrected chi connectivity index (χ4v) is 2.20. The number of aromatic nitrogens is 1. The molecule has 4 nitrogen and oxygen atoms in total. The molecule has 0 atom stereocenters. The van der Waals surface area contributed by atoms with Crippen LogP contribution in [0.4, 0.5) is 11.5 Å². The molecular formula is C18H21N3O. The van der Waals surface area contributed by atoms with E-state index in [9.17, 15) is 4.79 Å². The van der Waals surface area contributed by atoms with Gasteiger partial charge in [-0.2, -0.15) is 0 Å². The number of hydrogen-bond acceptors (Lipinski definition) is 3. The number of amides is 1. The van der Waals surface area contributed by atoms with Crippen LogP contribution in [0.3, 0.4) is 0 Å². The Morgan fingerprint density at radius 3 is 2.73 bits per heavy atom. The van der Waals surface area contributed by atoms with E-state index in [1.807, 2.05) is 55.4 Å². The summed E-state index contributed by atoms with van der Waals surface area (Å²) in [5, 5.41) is 2.92. The largest absolute Gasteiger partial charge is 0.362 e. The van der Waals surface area contributed by atoms with E-state index in [1.165, 1.54) is 6.08 Å². The molecule has 0 saturated heterocycles. The van der Waals surface area contributed by atoms with Crippen LogP contribution in [0.5, 0.6) is 0 Å². The molecule has 1 aromatic heterocycles. The predicted molar refractivity (Wildman–Crippen MR) is 92.0 cm³/mol. The molecule has 0 saturated carbocycles. The van der Waals surface area contributed by atoms with Crippen molar-refractivity contribution in [3.05, 3.63) is 59.8 Å². The monoisotopic (exact) mass is 295 g/mol. The van der Waals surface area contributed by atoms with Crippen LogP contribution in [-0.2, 0) is 11.2 Å². The highest BCUT2D eigenvalue weighted by atomic mass is 16.1. The highest BCUT2D eigenvalue weighted by Gasteiger charge is 2.05. The average Bonchev–Trinajstić information content (AvgIpc) is 2.53. The second-order valence-electron chi connectivity index (χ2n) is 5.14. The zero-order valence-corrected chi connectivity index (χ0v) is 13.2. The smallest absolute Gasteiger partial charge is 0.248 e. The summed E-state index contributed by atoms with van der Waals surface area (Å²) >= 11 is 0. The summed E-state index contributed by atoms with van der Waals surface area (Å²) in [5.74, 6) is 0.690. The van der Waals surface area contributed by atoms with Gasteiger partial charge in [-0.1, -0.05) is 25.1 Å². The number of pyridine rings is 1. The Labute approximate surface area is 131 Å². The molecular weight excluding hydrogens is 274 g/mol. The van der Waals surface area contributed by atoms with Gasteiger partial charge in [0.25, 0.3) is 0 Å². The third-order valence-corrected chi connectivity index (χ3v) is 3.31. The van der Waals surface area contributed by atoms with Gasteiger partial charge >= 0.3 is 0 Å². The predicted octanol–water partition coefficient (Wildman–Crippen LogP) is 3.36. The molecule has 0 bridgehead atoms. The second kappa shape index (κ2) is 7.41. The van der Waals surface area contributed by atoms with Crippen molar-refractivity contribution in [2.45, 2.75) is 13.3 Å². The van der Waals surface area contributed by atoms with E-state index in [-0.39, 0.29) is 5.91 Å². The fraction of sp³-hybridized carbons (Fsp3) is 0.222. The maximum absolute atomic E-state index is 12.1. The van der Waals surface area contributed by atoms with E-state index >= 15 is 0 Å². The summed E-state index contributed by atoms with van der Waals surface area (Å²) in [6.45, 7) is 2.07. The van der Waals surface area contributed by atoms with Gasteiger partial charge in [0.05, 0.1) is 0 Å². The zero-order valence-electron chi connectivity index (χ0n) is 13.2. The van der Waals surface area contributed by atoms with Gasteiger partial charge in [-0.25, -0.2) is 4.98 Å². The molecule has 114 valence electrons. The number of hydrogen-bond donors (Lipinski definition) is 1. The lowest BCUT2D eigenvalue weighted by atomic mass is 10.1. The third kappa shape index (κ3) is 3.95. The minimum Gasteiger partial charge on any atom is -0.362 e. The topological polar surface area (TPSA) is 45.2 Å². The Morgan fingerprint density at radius 2 is 2.00 bits per heavy atom. The van der Waals surface area contributed by atoms with Gasteiger partial charge in [-0.3, -0.25) is 4.79 Å². The van der Waals surface area contributed by atoms with Crippen molar-refractivity contribution in [1.29, 1.82) is 0 Å². The lowest BCUT2D eigenvalue weighted by Crippen LogP contribution is -2.12. The molecule has 0 aliphatic carbocycles. The summed E-state index contributed by atoms with van der Waals surface area (Å²) in [7, 11) is 3.86. The van der Waals surface area contributed by atoms with Crippen molar-refractivity contribution in [3.8, 4) is 0 Å². The number of para-hydroxylation sites is 1. The molecule has 1 N–H and O–H groups in total. The first-order valence-electron chi connectivity index (χ1n) is 7.31. The minimum absolute atomic E-state index is 0.144. The van der Waals surface area contributed by atoms with Crippen LogP contribution in [0.1, 0.15) is 18.1 Å². The van der Waals surface area contributed by atoms with Crippen LogP contribution in [0, 0.1) is 0 Å². The molecule has 2 aromatic rings. The molecule has 2 rings (SSSR count). The molecule has 0 radical (unpaired) electrons. The highest BCUT2D eigenvalue weighted by molar-refractivity contribution is 6.02. The van der Waals surface area contributed by atoms with Crippen LogP contribution in [0.25, 0.3) is 6.08 Å². The molecule has 1 amide bonds. The number of aryl methyl sites for hydroxylation is 1. The molecule has 22 heavy (non-hydrogen) atoms. The van der Waals surface area contributed by atoms with Crippen LogP contribution >= 0.6 is 0 Å². The Bertz CT molecular complexity index is 678. The van der Waals surface area contributed by atoms with Gasteiger partial charge in [0, 0.05) is 37.6 Å². The Balaban J connectivity index is 2.12. The summed E-state index contributed by atoms with van der Waals surface area (Å²) < 4.78 is 0. The minimum atomic E-state index is -0.144. The molecule has 1 aromatic carbocycles. The van der Waals surface area contributed by atoms with E-state index in [0.717, 1.165) is 29.1 Å². The van der Waals surface area contributed by atoms with Crippen LogP contribution in [0.2, 0.25) is 0 Å². The zero-order chi connectivity index (χ0) is 15.9. The first kappa shape index (κ1) is 15.8. The summed E-state index contributed by atoms with van der Waals surface area (Å²) in [4.78, 5) is 18.3. The normalized spacial score (nSPS) is 10.7. The average molecular weight is 295 g/mol. The van der Waals surface area contributed by atoms with Crippen molar-refractivity contribution in [3.63, 3.8) is 0 Å². The number of carbonyl (C=O) groups excluding carboxylic acids is 1. The molecule has 0 aliphatic rings. The third-order valence-electron chi connectivity index (χ3n) is 3.31. The van der Waals surface area contributed by atoms with Gasteiger partial charge in [0.1, 0.15) is 5.82 Å². The van der Waals surface area contributed by atoms with Gasteiger partial charge in [-0.05, 0) is 36.3 Å². The number of nitrogens with one attached hydrogen (secondary N) is 1. The van der Waals surface area contributed by atoms with E-state index < -0.39 is 0 Å². The van der Waals surface area contributed by atoms with E-state index in [4.69, 9.17) is 0 Å². The Morgan fingerprint density at radius 1 is 1.23 bits per heavy atom. The number of benzene rings is 1. The van der Waals surface area contributed by atoms with Crippen molar-refractivity contribution in [2.75, 3.05) is 24.3 Å². The van der Waals surface area contributed by atoms with Crippen molar-refractivity contribution in [1.82, 2.24) is 4.98 Å². The molecule has 1 heterocycles. The number of anilines is 2. The lowest BCUT2D eigenvalue weighted by molar-refractivity contribution is -0.111. The fourth-order valence-electron chi connectivity index (χ4n) is 2.20. The van der Waals surface area contributed by atoms with E-state index in [1.54, 1.807) is 12.3 Å². The second-order valence-corrected chi connectivity index (χ2v) is 5.14. The summed E-state index contributed by atoms with van der Waals surface area (Å²) in [6, 6.07) is 11.6. The van der Waals surface area contributed by atoms with E-state index in [0.29, 0.717) is 0 Å². The summed E-state index contributed by atoms with van der Waals surface area (Å²) in [5.41, 5.74) is 2.89. The van der Waals surface area contributed by atoms with Crippen LogP contribution in [-0.4, -0.2) is 25.0 Å². The lowest BCUT2D eigenvalue weighted by Gasteiger charge is -2.13. The first-order chi connectivity index (χ1) is 10.6. The molecule has 0 spiro atoms. The van der Waals surface area contributed by atoms with Crippen molar-refractivity contribution < 1.29 is 4.79 Å². The Kier molecular flexibility index (Phi) is 5.31. The number of carbonyl (C=O) groups is 1. The molecule has 4 heteroatoms. The van der Waals surface area contributed by atoms with Gasteiger partial charge in [0.2, 0.25) is 5.91 Å². The maximum atomic E-state index is 12.1. The number of nitrogens with zero attached hydrogens (tertiary/aromatic N) is 2. The molecule has 0 unspecified atom stereocenters. The van der Waals surface area contributed by atoms with Crippen LogP contribution in [0.15, 0.2) is 48.7 Å². The summed E-state index contributed by atoms with van der Waals surface area (Å²) in [6.07, 6.45) is 5.94. The maximum Gasteiger partial charge on any atom is 0.248 e. The van der Waals surface area contributed by atoms with Gasteiger partial charge in [0.15, 0.2) is 0 Å². The Hall–Kier alpha value is -2.62.